The lowest BCUT2D eigenvalue weighted by Gasteiger charge is -2.40. The third-order valence-electron chi connectivity index (χ3n) is 6.66. The van der Waals surface area contributed by atoms with E-state index in [-0.39, 0.29) is 17.9 Å². The molecule has 0 saturated carbocycles. The van der Waals surface area contributed by atoms with Crippen LogP contribution in [0.1, 0.15) is 34.5 Å². The molecule has 180 valence electrons. The van der Waals surface area contributed by atoms with Crippen molar-refractivity contribution >= 4 is 17.9 Å². The van der Waals surface area contributed by atoms with E-state index < -0.39 is 11.7 Å². The van der Waals surface area contributed by atoms with Gasteiger partial charge in [0.25, 0.3) is 11.8 Å². The monoisotopic (exact) mass is 471 g/mol. The second-order valence-corrected chi connectivity index (χ2v) is 8.92. The summed E-state index contributed by atoms with van der Waals surface area (Å²) in [5.41, 5.74) is 2.22. The number of likely N-dealkylation sites (tertiary alicyclic amines) is 1. The molecule has 6 heteroatoms. The highest BCUT2D eigenvalue weighted by Crippen LogP contribution is 2.28. The number of aromatic nitrogens is 1. The quantitative estimate of drug-likeness (QED) is 0.455. The molecule has 2 aromatic carbocycles. The molecular weight excluding hydrogens is 441 g/mol. The molecule has 1 aliphatic heterocycles. The first-order valence-corrected chi connectivity index (χ1v) is 12.0. The maximum atomic E-state index is 14.6. The molecule has 2 amide bonds. The molecule has 0 aliphatic carbocycles. The minimum atomic E-state index is -0.752. The van der Waals surface area contributed by atoms with Gasteiger partial charge in [-0.15, -0.1) is 0 Å². The van der Waals surface area contributed by atoms with Crippen LogP contribution in [0.5, 0.6) is 0 Å². The molecule has 0 N–H and O–H groups in total. The summed E-state index contributed by atoms with van der Waals surface area (Å²) in [6.07, 6.45) is 5.00. The Balaban J connectivity index is 1.46. The molecule has 1 saturated heterocycles. The molecule has 0 unspecified atom stereocenters. The van der Waals surface area contributed by atoms with Crippen molar-refractivity contribution in [1.82, 2.24) is 14.8 Å². The van der Waals surface area contributed by atoms with E-state index in [2.05, 4.69) is 17.1 Å². The molecule has 0 spiro atoms. The fraction of sp³-hybridized carbons (Fsp3) is 0.276. The van der Waals surface area contributed by atoms with Gasteiger partial charge in [0.15, 0.2) is 5.83 Å². The molecule has 35 heavy (non-hydrogen) atoms. The van der Waals surface area contributed by atoms with Crippen molar-refractivity contribution in [2.24, 2.45) is 5.92 Å². The number of likely N-dealkylation sites (N-methyl/N-ethyl adjacent to an activating group) is 1. The fourth-order valence-corrected chi connectivity index (χ4v) is 4.69. The van der Waals surface area contributed by atoms with E-state index in [9.17, 15) is 14.0 Å². The van der Waals surface area contributed by atoms with Crippen molar-refractivity contribution in [3.63, 3.8) is 0 Å². The predicted octanol–water partition coefficient (Wildman–Crippen LogP) is 5.01. The van der Waals surface area contributed by atoms with Crippen LogP contribution in [0.2, 0.25) is 0 Å². The topological polar surface area (TPSA) is 53.5 Å². The van der Waals surface area contributed by atoms with Gasteiger partial charge in [0.2, 0.25) is 0 Å². The van der Waals surface area contributed by atoms with Gasteiger partial charge in [0.05, 0.1) is 0 Å². The number of rotatable bonds is 7. The van der Waals surface area contributed by atoms with Crippen LogP contribution in [0.25, 0.3) is 6.08 Å². The van der Waals surface area contributed by atoms with Gasteiger partial charge in [-0.3, -0.25) is 14.6 Å². The second-order valence-electron chi connectivity index (χ2n) is 8.92. The van der Waals surface area contributed by atoms with Crippen LogP contribution in [0.15, 0.2) is 90.9 Å². The molecule has 1 atom stereocenters. The largest absolute Gasteiger partial charge is 0.337 e. The van der Waals surface area contributed by atoms with Crippen LogP contribution < -0.4 is 0 Å². The van der Waals surface area contributed by atoms with Crippen LogP contribution in [0.3, 0.4) is 0 Å². The van der Waals surface area contributed by atoms with Crippen molar-refractivity contribution in [1.29, 1.82) is 0 Å². The number of nitrogens with zero attached hydrogens (tertiary/aromatic N) is 3. The average molecular weight is 472 g/mol. The molecule has 3 aromatic rings. The van der Waals surface area contributed by atoms with E-state index in [1.54, 1.807) is 40.3 Å². The van der Waals surface area contributed by atoms with Gasteiger partial charge in [0.1, 0.15) is 5.69 Å². The highest BCUT2D eigenvalue weighted by molar-refractivity contribution is 5.95. The van der Waals surface area contributed by atoms with Crippen molar-refractivity contribution in [3.8, 4) is 0 Å². The van der Waals surface area contributed by atoms with Gasteiger partial charge in [-0.2, -0.15) is 0 Å². The number of pyridine rings is 1. The van der Waals surface area contributed by atoms with Gasteiger partial charge >= 0.3 is 0 Å². The maximum Gasteiger partial charge on any atom is 0.282 e. The van der Waals surface area contributed by atoms with Gasteiger partial charge in [-0.25, -0.2) is 4.39 Å². The summed E-state index contributed by atoms with van der Waals surface area (Å²) in [4.78, 5) is 33.5. The Bertz CT molecular complexity index is 1140. The van der Waals surface area contributed by atoms with Gasteiger partial charge in [-0.05, 0) is 54.5 Å². The molecule has 0 radical (unpaired) electrons. The normalized spacial score (nSPS) is 15.5. The number of piperidine rings is 1. The van der Waals surface area contributed by atoms with E-state index >= 15 is 0 Å². The fourth-order valence-electron chi connectivity index (χ4n) is 4.69. The van der Waals surface area contributed by atoms with Crippen molar-refractivity contribution < 1.29 is 14.0 Å². The summed E-state index contributed by atoms with van der Waals surface area (Å²) in [5.74, 6) is -1.28. The van der Waals surface area contributed by atoms with E-state index in [0.717, 1.165) is 5.56 Å². The van der Waals surface area contributed by atoms with Gasteiger partial charge in [0, 0.05) is 32.4 Å². The summed E-state index contributed by atoms with van der Waals surface area (Å²) in [5, 5.41) is 0. The zero-order valence-electron chi connectivity index (χ0n) is 19.9. The van der Waals surface area contributed by atoms with Crippen molar-refractivity contribution in [2.45, 2.75) is 25.3 Å². The summed E-state index contributed by atoms with van der Waals surface area (Å²) in [6.45, 7) is 0.910. The lowest BCUT2D eigenvalue weighted by Crippen LogP contribution is -2.48. The van der Waals surface area contributed by atoms with Crippen molar-refractivity contribution in [2.75, 3.05) is 20.1 Å². The third kappa shape index (κ3) is 6.21. The Kier molecular flexibility index (Phi) is 8.03. The zero-order chi connectivity index (χ0) is 24.6. The third-order valence-corrected chi connectivity index (χ3v) is 6.66. The first-order chi connectivity index (χ1) is 17.0. The van der Waals surface area contributed by atoms with Crippen LogP contribution in [-0.4, -0.2) is 52.8 Å². The second kappa shape index (κ2) is 11.6. The number of carbonyl (C=O) groups excluding carboxylic acids is 2. The predicted molar refractivity (Wildman–Crippen MR) is 135 cm³/mol. The average Bonchev–Trinajstić information content (AvgIpc) is 2.92. The summed E-state index contributed by atoms with van der Waals surface area (Å²) >= 11 is 0. The summed E-state index contributed by atoms with van der Waals surface area (Å²) < 4.78 is 14.6. The molecule has 2 heterocycles. The minimum absolute atomic E-state index is 0.0612. The Labute approximate surface area is 205 Å². The highest BCUT2D eigenvalue weighted by atomic mass is 19.1. The number of halogens is 1. The number of hydrogen-bond acceptors (Lipinski definition) is 3. The van der Waals surface area contributed by atoms with Crippen LogP contribution in [0, 0.1) is 5.92 Å². The number of benzene rings is 2. The van der Waals surface area contributed by atoms with Gasteiger partial charge in [-0.1, -0.05) is 66.7 Å². The molecule has 1 aromatic heterocycles. The van der Waals surface area contributed by atoms with E-state index in [4.69, 9.17) is 0 Å². The smallest absolute Gasteiger partial charge is 0.282 e. The maximum absolute atomic E-state index is 14.6. The first-order valence-electron chi connectivity index (χ1n) is 12.0. The van der Waals surface area contributed by atoms with E-state index in [1.165, 1.54) is 6.08 Å². The number of amides is 2. The molecule has 4 rings (SSSR count). The first kappa shape index (κ1) is 24.3. The highest BCUT2D eigenvalue weighted by Gasteiger charge is 2.34. The Morgan fingerprint density at radius 2 is 1.63 bits per heavy atom. The van der Waals surface area contributed by atoms with Crippen LogP contribution >= 0.6 is 0 Å². The molecular formula is C29H30FN3O2. The number of carbonyl (C=O) groups is 2. The Hall–Kier alpha value is -3.80. The standard InChI is InChI=1S/C29H30FN3O2/c1-32(29(35)26-14-8-9-17-31-26)27(21-23-12-6-3-7-13-23)24-15-18-33(19-16-24)28(34)25(30)20-22-10-4-2-5-11-22/h2-14,17,20,24,27H,15-16,18-19,21H2,1H3/b25-20-/t27-/m1/s1. The minimum Gasteiger partial charge on any atom is -0.337 e. The SMILES string of the molecule is CN(C(=O)c1ccccn1)[C@H](Cc1ccccc1)C1CCN(C(=O)/C(F)=C/c2ccccc2)CC1. The van der Waals surface area contributed by atoms with Gasteiger partial charge < -0.3 is 9.80 Å². The zero-order valence-corrected chi connectivity index (χ0v) is 19.9. The van der Waals surface area contributed by atoms with E-state index in [0.29, 0.717) is 43.6 Å². The lowest BCUT2D eigenvalue weighted by molar-refractivity contribution is -0.130. The summed E-state index contributed by atoms with van der Waals surface area (Å²) in [6, 6.07) is 24.4. The Morgan fingerprint density at radius 3 is 2.26 bits per heavy atom. The van der Waals surface area contributed by atoms with Crippen LogP contribution in [-0.2, 0) is 11.2 Å². The Morgan fingerprint density at radius 1 is 1.00 bits per heavy atom. The summed E-state index contributed by atoms with van der Waals surface area (Å²) in [7, 11) is 1.82. The van der Waals surface area contributed by atoms with E-state index in [1.807, 2.05) is 49.5 Å². The van der Waals surface area contributed by atoms with Crippen molar-refractivity contribution in [3.05, 3.63) is 108 Å². The lowest BCUT2D eigenvalue weighted by atomic mass is 9.84. The molecule has 1 aliphatic rings. The van der Waals surface area contributed by atoms with Crippen LogP contribution in [0.4, 0.5) is 4.39 Å². The molecule has 5 nitrogen and oxygen atoms in total. The molecule has 1 fully saturated rings. The molecule has 0 bridgehead atoms. The number of hydrogen-bond donors (Lipinski definition) is 0.